The van der Waals surface area contributed by atoms with Crippen molar-refractivity contribution < 1.29 is 15.0 Å². The summed E-state index contributed by atoms with van der Waals surface area (Å²) in [6, 6.07) is 0. The van der Waals surface area contributed by atoms with Crippen LogP contribution in [0.3, 0.4) is 0 Å². The number of carbonyl (C=O) groups is 1. The second kappa shape index (κ2) is 4.60. The summed E-state index contributed by atoms with van der Waals surface area (Å²) < 4.78 is 0. The van der Waals surface area contributed by atoms with Crippen molar-refractivity contribution in [3.05, 3.63) is 16.1 Å². The maximum atomic E-state index is 10.5. The lowest BCUT2D eigenvalue weighted by atomic mass is 10.3. The van der Waals surface area contributed by atoms with Crippen LogP contribution < -0.4 is 0 Å². The molecule has 0 aromatic carbocycles. The van der Waals surface area contributed by atoms with Crippen LogP contribution in [0.25, 0.3) is 0 Å². The topological polar surface area (TPSA) is 70.4 Å². The summed E-state index contributed by atoms with van der Waals surface area (Å²) in [4.78, 5) is 14.6. The van der Waals surface area contributed by atoms with Crippen LogP contribution in [0.4, 0.5) is 0 Å². The molecule has 0 spiro atoms. The molecule has 0 aliphatic carbocycles. The number of thiazole rings is 1. The van der Waals surface area contributed by atoms with Crippen LogP contribution in [0.5, 0.6) is 0 Å². The lowest BCUT2D eigenvalue weighted by Gasteiger charge is -1.85. The van der Waals surface area contributed by atoms with E-state index in [-0.39, 0.29) is 12.3 Å². The Balaban J connectivity index is 2.84. The van der Waals surface area contributed by atoms with Gasteiger partial charge < -0.3 is 10.2 Å². The number of aromatic nitrogens is 1. The average Bonchev–Trinajstić information content (AvgIpc) is 2.53. The molecule has 0 radical (unpaired) electrons. The summed E-state index contributed by atoms with van der Waals surface area (Å²) in [5.74, 6) is 4.21. The standard InChI is InChI=1S/C8H7NO3S/c10-4-2-1-3-6-7(8(11)12)9-5-13-6/h5,10H,2,4H2,(H,11,12). The smallest absolute Gasteiger partial charge is 0.356 e. The van der Waals surface area contributed by atoms with E-state index in [0.29, 0.717) is 11.3 Å². The van der Waals surface area contributed by atoms with Crippen molar-refractivity contribution in [2.24, 2.45) is 0 Å². The van der Waals surface area contributed by atoms with Gasteiger partial charge in [-0.15, -0.1) is 11.3 Å². The van der Waals surface area contributed by atoms with E-state index in [0.717, 1.165) is 0 Å². The fourth-order valence-corrected chi connectivity index (χ4v) is 1.33. The summed E-state index contributed by atoms with van der Waals surface area (Å²) in [5.41, 5.74) is 1.42. The van der Waals surface area contributed by atoms with E-state index in [1.165, 1.54) is 16.8 Å². The number of aliphatic hydroxyl groups excluding tert-OH is 1. The average molecular weight is 197 g/mol. The van der Waals surface area contributed by atoms with Gasteiger partial charge in [0.2, 0.25) is 0 Å². The molecule has 1 heterocycles. The molecule has 0 unspecified atom stereocenters. The van der Waals surface area contributed by atoms with Crippen LogP contribution >= 0.6 is 11.3 Å². The number of rotatable bonds is 2. The van der Waals surface area contributed by atoms with Crippen molar-refractivity contribution in [1.29, 1.82) is 0 Å². The Kier molecular flexibility index (Phi) is 3.43. The van der Waals surface area contributed by atoms with Crippen molar-refractivity contribution in [1.82, 2.24) is 4.98 Å². The third-order valence-corrected chi connectivity index (χ3v) is 1.95. The first-order valence-corrected chi connectivity index (χ1v) is 4.40. The largest absolute Gasteiger partial charge is 0.476 e. The van der Waals surface area contributed by atoms with Gasteiger partial charge in [-0.2, -0.15) is 0 Å². The number of nitrogens with zero attached hydrogens (tertiary/aromatic N) is 1. The summed E-state index contributed by atoms with van der Waals surface area (Å²) in [5, 5.41) is 17.1. The first kappa shape index (κ1) is 9.71. The molecular formula is C8H7NO3S. The predicted molar refractivity (Wildman–Crippen MR) is 47.7 cm³/mol. The molecule has 1 aromatic rings. The van der Waals surface area contributed by atoms with E-state index in [2.05, 4.69) is 16.8 Å². The molecule has 0 amide bonds. The predicted octanol–water partition coefficient (Wildman–Crippen LogP) is 0.575. The van der Waals surface area contributed by atoms with Gasteiger partial charge in [0.25, 0.3) is 0 Å². The minimum Gasteiger partial charge on any atom is -0.476 e. The van der Waals surface area contributed by atoms with Crippen LogP contribution in [0.1, 0.15) is 21.8 Å². The van der Waals surface area contributed by atoms with Gasteiger partial charge in [-0.1, -0.05) is 11.8 Å². The number of aromatic carboxylic acids is 1. The Hall–Kier alpha value is -1.38. The zero-order valence-electron chi connectivity index (χ0n) is 6.65. The zero-order valence-corrected chi connectivity index (χ0v) is 7.47. The number of aliphatic hydroxyl groups is 1. The van der Waals surface area contributed by atoms with Crippen LogP contribution in [-0.2, 0) is 0 Å². The molecule has 68 valence electrons. The molecule has 1 aromatic heterocycles. The number of hydrogen-bond donors (Lipinski definition) is 2. The fraction of sp³-hybridized carbons (Fsp3) is 0.250. The molecule has 0 saturated heterocycles. The molecule has 2 N–H and O–H groups in total. The van der Waals surface area contributed by atoms with Gasteiger partial charge in [-0.3, -0.25) is 0 Å². The lowest BCUT2D eigenvalue weighted by Crippen LogP contribution is -1.98. The molecule has 0 aliphatic heterocycles. The Morgan fingerprint density at radius 3 is 3.08 bits per heavy atom. The van der Waals surface area contributed by atoms with Crippen molar-refractivity contribution in [2.45, 2.75) is 6.42 Å². The highest BCUT2D eigenvalue weighted by Crippen LogP contribution is 2.11. The lowest BCUT2D eigenvalue weighted by molar-refractivity contribution is 0.0691. The van der Waals surface area contributed by atoms with Crippen molar-refractivity contribution in [2.75, 3.05) is 6.61 Å². The highest BCUT2D eigenvalue weighted by atomic mass is 32.1. The van der Waals surface area contributed by atoms with E-state index >= 15 is 0 Å². The SMILES string of the molecule is O=C(O)c1ncsc1C#CCCO. The molecule has 5 heteroatoms. The monoisotopic (exact) mass is 197 g/mol. The molecule has 0 fully saturated rings. The number of carboxylic acid groups (broad SMARTS) is 1. The molecule has 0 aliphatic rings. The van der Waals surface area contributed by atoms with Gasteiger partial charge in [0, 0.05) is 6.42 Å². The number of hydrogen-bond acceptors (Lipinski definition) is 4. The molecule has 13 heavy (non-hydrogen) atoms. The third kappa shape index (κ3) is 2.54. The van der Waals surface area contributed by atoms with Crippen LogP contribution in [0.15, 0.2) is 5.51 Å². The molecule has 1 rings (SSSR count). The van der Waals surface area contributed by atoms with Crippen molar-refractivity contribution >= 4 is 17.3 Å². The van der Waals surface area contributed by atoms with Gasteiger partial charge >= 0.3 is 5.97 Å². The molecule has 0 bridgehead atoms. The van der Waals surface area contributed by atoms with Crippen LogP contribution in [0, 0.1) is 11.8 Å². The Bertz CT molecular complexity index is 361. The summed E-state index contributed by atoms with van der Waals surface area (Å²) in [6.07, 6.45) is 0.344. The minimum atomic E-state index is -1.07. The Morgan fingerprint density at radius 2 is 2.46 bits per heavy atom. The van der Waals surface area contributed by atoms with Gasteiger partial charge in [0.15, 0.2) is 5.69 Å². The van der Waals surface area contributed by atoms with Crippen molar-refractivity contribution in [3.63, 3.8) is 0 Å². The second-order valence-corrected chi connectivity index (χ2v) is 2.97. The molecular weight excluding hydrogens is 190 g/mol. The Labute approximate surface area is 78.9 Å². The van der Waals surface area contributed by atoms with E-state index in [1.54, 1.807) is 0 Å². The van der Waals surface area contributed by atoms with E-state index in [9.17, 15) is 4.79 Å². The summed E-state index contributed by atoms with van der Waals surface area (Å²) >= 11 is 1.18. The Morgan fingerprint density at radius 1 is 1.69 bits per heavy atom. The molecule has 0 saturated carbocycles. The maximum Gasteiger partial charge on any atom is 0.356 e. The van der Waals surface area contributed by atoms with Gasteiger partial charge in [-0.25, -0.2) is 9.78 Å². The molecule has 4 nitrogen and oxygen atoms in total. The van der Waals surface area contributed by atoms with Crippen LogP contribution in [0.2, 0.25) is 0 Å². The normalized spacial score (nSPS) is 9.00. The third-order valence-electron chi connectivity index (χ3n) is 1.21. The molecule has 0 atom stereocenters. The second-order valence-electron chi connectivity index (χ2n) is 2.11. The number of carboxylic acids is 1. The highest BCUT2D eigenvalue weighted by molar-refractivity contribution is 7.10. The fourth-order valence-electron chi connectivity index (χ4n) is 0.686. The van der Waals surface area contributed by atoms with E-state index in [4.69, 9.17) is 10.2 Å². The highest BCUT2D eigenvalue weighted by Gasteiger charge is 2.10. The summed E-state index contributed by atoms with van der Waals surface area (Å²) in [7, 11) is 0. The van der Waals surface area contributed by atoms with Crippen molar-refractivity contribution in [3.8, 4) is 11.8 Å². The maximum absolute atomic E-state index is 10.5. The van der Waals surface area contributed by atoms with Gasteiger partial charge in [0.1, 0.15) is 4.88 Å². The minimum absolute atomic E-state index is 0.0181. The van der Waals surface area contributed by atoms with Crippen LogP contribution in [-0.4, -0.2) is 27.8 Å². The quantitative estimate of drug-likeness (QED) is 0.680. The summed E-state index contributed by atoms with van der Waals surface area (Å²) in [6.45, 7) is -0.0196. The first-order chi connectivity index (χ1) is 6.25. The van der Waals surface area contributed by atoms with E-state index < -0.39 is 5.97 Å². The first-order valence-electron chi connectivity index (χ1n) is 3.52. The zero-order chi connectivity index (χ0) is 9.68. The van der Waals surface area contributed by atoms with Gasteiger partial charge in [-0.05, 0) is 0 Å². The van der Waals surface area contributed by atoms with Gasteiger partial charge in [0.05, 0.1) is 12.1 Å². The van der Waals surface area contributed by atoms with E-state index in [1.807, 2.05) is 0 Å².